The fraction of sp³-hybridized carbons (Fsp3) is 0.600. The van der Waals surface area contributed by atoms with E-state index in [4.69, 9.17) is 4.74 Å². The summed E-state index contributed by atoms with van der Waals surface area (Å²) < 4.78 is 5.28. The maximum absolute atomic E-state index is 12.6. The number of carbonyl (C=O) groups is 2. The van der Waals surface area contributed by atoms with Gasteiger partial charge in [0.15, 0.2) is 0 Å². The van der Waals surface area contributed by atoms with Gasteiger partial charge >= 0.3 is 0 Å². The second-order valence-corrected chi connectivity index (χ2v) is 7.34. The van der Waals surface area contributed by atoms with Crippen LogP contribution in [0, 0.1) is 17.8 Å². The fourth-order valence-corrected chi connectivity index (χ4v) is 4.60. The molecule has 2 N–H and O–H groups in total. The molecule has 3 rings (SSSR count). The number of nitrogens with one attached hydrogen (secondary N) is 2. The molecule has 25 heavy (non-hydrogen) atoms. The molecule has 1 aliphatic carbocycles. The third-order valence-corrected chi connectivity index (χ3v) is 6.00. The van der Waals surface area contributed by atoms with Crippen LogP contribution in [0.4, 0.5) is 0 Å². The van der Waals surface area contributed by atoms with Gasteiger partial charge in [-0.05, 0) is 49.7 Å². The van der Waals surface area contributed by atoms with Gasteiger partial charge in [-0.1, -0.05) is 26.0 Å². The van der Waals surface area contributed by atoms with Crippen molar-refractivity contribution in [2.24, 2.45) is 17.8 Å². The highest BCUT2D eigenvalue weighted by atomic mass is 16.5. The average molecular weight is 344 g/mol. The first kappa shape index (κ1) is 17.8. The number of hydrogen-bond acceptors (Lipinski definition) is 3. The molecule has 0 radical (unpaired) electrons. The molecule has 1 aliphatic heterocycles. The zero-order chi connectivity index (χ0) is 18.0. The molecule has 0 bridgehead atoms. The van der Waals surface area contributed by atoms with Crippen molar-refractivity contribution >= 4 is 11.8 Å². The molecular formula is C20H28N2O3. The van der Waals surface area contributed by atoms with Gasteiger partial charge in [0, 0.05) is 18.0 Å². The van der Waals surface area contributed by atoms with E-state index in [1.165, 1.54) is 0 Å². The highest BCUT2D eigenvalue weighted by Crippen LogP contribution is 2.39. The standard InChI is InChI=1S/C20H28N2O3/c1-4-14-12(2)15-10-9-13(11-17(15)22-19(14)23)21-20(24)16-7-5-6-8-18(16)25-3/h5-8,12-15,17H,4,9-11H2,1-3H3,(H,21,24)(H,22,23). The number of carbonyl (C=O) groups excluding carboxylic acids is 2. The van der Waals surface area contributed by atoms with Crippen molar-refractivity contribution in [3.63, 3.8) is 0 Å². The van der Waals surface area contributed by atoms with Gasteiger partial charge in [-0.2, -0.15) is 0 Å². The molecule has 2 amide bonds. The van der Waals surface area contributed by atoms with Crippen LogP contribution in [0.2, 0.25) is 0 Å². The Morgan fingerprint density at radius 1 is 1.32 bits per heavy atom. The van der Waals surface area contributed by atoms with Crippen LogP contribution in [0.25, 0.3) is 0 Å². The Hall–Kier alpha value is -2.04. The number of piperidine rings is 1. The van der Waals surface area contributed by atoms with Crippen LogP contribution >= 0.6 is 0 Å². The monoisotopic (exact) mass is 344 g/mol. The molecule has 2 aliphatic rings. The summed E-state index contributed by atoms with van der Waals surface area (Å²) in [5, 5.41) is 6.33. The maximum Gasteiger partial charge on any atom is 0.255 e. The number of amides is 2. The number of methoxy groups -OCH3 is 1. The Balaban J connectivity index is 1.65. The minimum absolute atomic E-state index is 0.0874. The second-order valence-electron chi connectivity index (χ2n) is 7.34. The summed E-state index contributed by atoms with van der Waals surface area (Å²) in [6.07, 6.45) is 3.69. The largest absolute Gasteiger partial charge is 0.496 e. The number of hydrogen-bond donors (Lipinski definition) is 2. The Morgan fingerprint density at radius 3 is 2.80 bits per heavy atom. The lowest BCUT2D eigenvalue weighted by molar-refractivity contribution is -0.133. The lowest BCUT2D eigenvalue weighted by Gasteiger charge is -2.46. The van der Waals surface area contributed by atoms with Gasteiger partial charge in [0.25, 0.3) is 5.91 Å². The molecule has 136 valence electrons. The highest BCUT2D eigenvalue weighted by molar-refractivity contribution is 5.97. The van der Waals surface area contributed by atoms with Gasteiger partial charge < -0.3 is 15.4 Å². The number of rotatable bonds is 4. The van der Waals surface area contributed by atoms with Crippen molar-refractivity contribution < 1.29 is 14.3 Å². The van der Waals surface area contributed by atoms with Crippen molar-refractivity contribution in [3.05, 3.63) is 29.8 Å². The van der Waals surface area contributed by atoms with Gasteiger partial charge in [-0.15, -0.1) is 0 Å². The van der Waals surface area contributed by atoms with Crippen molar-refractivity contribution in [2.75, 3.05) is 7.11 Å². The van der Waals surface area contributed by atoms with E-state index in [9.17, 15) is 9.59 Å². The summed E-state index contributed by atoms with van der Waals surface area (Å²) in [5.74, 6) is 1.70. The van der Waals surface area contributed by atoms with E-state index in [1.54, 1.807) is 19.2 Å². The van der Waals surface area contributed by atoms with Crippen LogP contribution in [-0.4, -0.2) is 31.0 Å². The number of ether oxygens (including phenoxy) is 1. The smallest absolute Gasteiger partial charge is 0.255 e. The Morgan fingerprint density at radius 2 is 2.08 bits per heavy atom. The molecule has 0 aromatic heterocycles. The molecule has 1 saturated carbocycles. The lowest BCUT2D eigenvalue weighted by Crippen LogP contribution is -2.58. The minimum Gasteiger partial charge on any atom is -0.496 e. The van der Waals surface area contributed by atoms with Gasteiger partial charge in [0.1, 0.15) is 5.75 Å². The van der Waals surface area contributed by atoms with Crippen LogP contribution in [0.1, 0.15) is 49.9 Å². The molecule has 5 atom stereocenters. The first-order valence-electron chi connectivity index (χ1n) is 9.29. The number of para-hydroxylation sites is 1. The fourth-order valence-electron chi connectivity index (χ4n) is 4.60. The normalized spacial score (nSPS) is 31.6. The number of benzene rings is 1. The van der Waals surface area contributed by atoms with E-state index in [0.717, 1.165) is 25.7 Å². The van der Waals surface area contributed by atoms with Gasteiger partial charge in [0.05, 0.1) is 12.7 Å². The van der Waals surface area contributed by atoms with E-state index in [0.29, 0.717) is 23.1 Å². The van der Waals surface area contributed by atoms with Crippen LogP contribution in [0.3, 0.4) is 0 Å². The lowest BCUT2D eigenvalue weighted by atomic mass is 9.67. The van der Waals surface area contributed by atoms with E-state index < -0.39 is 0 Å². The average Bonchev–Trinajstić information content (AvgIpc) is 2.61. The molecule has 0 spiro atoms. The second kappa shape index (κ2) is 7.46. The molecule has 1 heterocycles. The molecule has 5 nitrogen and oxygen atoms in total. The summed E-state index contributed by atoms with van der Waals surface area (Å²) in [7, 11) is 1.57. The Labute approximate surface area is 149 Å². The van der Waals surface area contributed by atoms with Crippen molar-refractivity contribution in [2.45, 2.75) is 51.6 Å². The molecule has 1 aromatic rings. The maximum atomic E-state index is 12.6. The predicted octanol–water partition coefficient (Wildman–Crippen LogP) is 2.75. The molecule has 2 fully saturated rings. The van der Waals surface area contributed by atoms with Gasteiger partial charge in [-0.25, -0.2) is 0 Å². The third kappa shape index (κ3) is 3.51. The van der Waals surface area contributed by atoms with E-state index in [-0.39, 0.29) is 29.8 Å². The van der Waals surface area contributed by atoms with Crippen LogP contribution in [0.5, 0.6) is 5.75 Å². The van der Waals surface area contributed by atoms with Crippen LogP contribution < -0.4 is 15.4 Å². The minimum atomic E-state index is -0.109. The molecule has 5 heteroatoms. The summed E-state index contributed by atoms with van der Waals surface area (Å²) >= 11 is 0. The van der Waals surface area contributed by atoms with Crippen molar-refractivity contribution in [3.8, 4) is 5.75 Å². The highest BCUT2D eigenvalue weighted by Gasteiger charge is 2.43. The Bertz CT molecular complexity index is 646. The third-order valence-electron chi connectivity index (χ3n) is 6.00. The van der Waals surface area contributed by atoms with Crippen molar-refractivity contribution in [1.29, 1.82) is 0 Å². The van der Waals surface area contributed by atoms with Crippen LogP contribution in [-0.2, 0) is 4.79 Å². The molecule has 5 unspecified atom stereocenters. The Kier molecular flexibility index (Phi) is 5.30. The first-order valence-corrected chi connectivity index (χ1v) is 9.29. The molecule has 1 aromatic carbocycles. The first-order chi connectivity index (χ1) is 12.0. The number of fused-ring (bicyclic) bond motifs is 1. The zero-order valence-electron chi connectivity index (χ0n) is 15.2. The summed E-state index contributed by atoms with van der Waals surface area (Å²) in [6, 6.07) is 7.51. The summed E-state index contributed by atoms with van der Waals surface area (Å²) in [6.45, 7) is 4.29. The van der Waals surface area contributed by atoms with Crippen molar-refractivity contribution in [1.82, 2.24) is 10.6 Å². The molecule has 1 saturated heterocycles. The van der Waals surface area contributed by atoms with E-state index in [2.05, 4.69) is 24.5 Å². The van der Waals surface area contributed by atoms with E-state index in [1.807, 2.05) is 12.1 Å². The van der Waals surface area contributed by atoms with Gasteiger partial charge in [0.2, 0.25) is 5.91 Å². The predicted molar refractivity (Wildman–Crippen MR) is 96.5 cm³/mol. The van der Waals surface area contributed by atoms with E-state index >= 15 is 0 Å². The summed E-state index contributed by atoms with van der Waals surface area (Å²) in [4.78, 5) is 24.9. The SMILES string of the molecule is CCC1C(=O)NC2CC(NC(=O)c3ccccc3OC)CCC2C1C. The quantitative estimate of drug-likeness (QED) is 0.882. The van der Waals surface area contributed by atoms with Crippen LogP contribution in [0.15, 0.2) is 24.3 Å². The summed E-state index contributed by atoms with van der Waals surface area (Å²) in [5.41, 5.74) is 0.555. The topological polar surface area (TPSA) is 67.4 Å². The van der Waals surface area contributed by atoms with Gasteiger partial charge in [-0.3, -0.25) is 9.59 Å². The molecular weight excluding hydrogens is 316 g/mol. The zero-order valence-corrected chi connectivity index (χ0v) is 15.2.